The average Bonchev–Trinajstić information content (AvgIpc) is 2.89. The number of halogens is 2. The third-order valence-corrected chi connectivity index (χ3v) is 3.72. The van der Waals surface area contributed by atoms with Crippen molar-refractivity contribution in [3.05, 3.63) is 69.8 Å². The summed E-state index contributed by atoms with van der Waals surface area (Å²) in [6.45, 7) is 2.29. The van der Waals surface area contributed by atoms with Crippen molar-refractivity contribution in [2.75, 3.05) is 0 Å². The average molecular weight is 362 g/mol. The zero-order valence-electron chi connectivity index (χ0n) is 11.8. The van der Waals surface area contributed by atoms with Gasteiger partial charge in [-0.05, 0) is 58.7 Å². The summed E-state index contributed by atoms with van der Waals surface area (Å²) in [5, 5.41) is 2.78. The van der Waals surface area contributed by atoms with E-state index in [1.54, 1.807) is 0 Å². The molecule has 22 heavy (non-hydrogen) atoms. The third kappa shape index (κ3) is 3.01. The second-order valence-corrected chi connectivity index (χ2v) is 5.91. The first-order chi connectivity index (χ1) is 10.5. The molecule has 1 amide bonds. The van der Waals surface area contributed by atoms with Crippen LogP contribution in [-0.2, 0) is 6.54 Å². The molecule has 3 aromatic rings. The lowest BCUT2D eigenvalue weighted by Crippen LogP contribution is -2.22. The monoisotopic (exact) mass is 361 g/mol. The molecule has 0 bridgehead atoms. The Hall–Kier alpha value is -2.21. The number of benzene rings is 1. The minimum Gasteiger partial charge on any atom is -0.346 e. The molecule has 0 fully saturated rings. The smallest absolute Gasteiger partial charge is 0.251 e. The SMILES string of the molecule is Cc1cc(Br)cn2cc(CNC(=O)c3ccc(F)cc3)nc12. The van der Waals surface area contributed by atoms with Gasteiger partial charge in [-0.2, -0.15) is 0 Å². The normalized spacial score (nSPS) is 10.9. The van der Waals surface area contributed by atoms with Crippen LogP contribution >= 0.6 is 15.9 Å². The first-order valence-corrected chi connectivity index (χ1v) is 7.50. The molecule has 0 aliphatic heterocycles. The fourth-order valence-electron chi connectivity index (χ4n) is 2.24. The number of pyridine rings is 1. The van der Waals surface area contributed by atoms with E-state index in [0.717, 1.165) is 21.4 Å². The number of carbonyl (C=O) groups excluding carboxylic acids is 1. The van der Waals surface area contributed by atoms with Gasteiger partial charge in [-0.1, -0.05) is 0 Å². The van der Waals surface area contributed by atoms with Crippen molar-refractivity contribution < 1.29 is 9.18 Å². The van der Waals surface area contributed by atoms with Crippen LogP contribution in [0.25, 0.3) is 5.65 Å². The van der Waals surface area contributed by atoms with Crippen LogP contribution in [0.1, 0.15) is 21.6 Å². The molecule has 0 unspecified atom stereocenters. The summed E-state index contributed by atoms with van der Waals surface area (Å²) in [5.41, 5.74) is 3.08. The van der Waals surface area contributed by atoms with Crippen molar-refractivity contribution in [2.45, 2.75) is 13.5 Å². The number of aromatic nitrogens is 2. The second-order valence-electron chi connectivity index (χ2n) is 4.99. The van der Waals surface area contributed by atoms with Crippen molar-refractivity contribution in [3.8, 4) is 0 Å². The highest BCUT2D eigenvalue weighted by Crippen LogP contribution is 2.17. The predicted octanol–water partition coefficient (Wildman–Crippen LogP) is 3.47. The first-order valence-electron chi connectivity index (χ1n) is 6.70. The number of rotatable bonds is 3. The highest BCUT2D eigenvalue weighted by atomic mass is 79.9. The van der Waals surface area contributed by atoms with Crippen LogP contribution in [0.4, 0.5) is 4.39 Å². The van der Waals surface area contributed by atoms with E-state index in [1.807, 2.05) is 29.8 Å². The molecule has 0 saturated carbocycles. The molecule has 3 rings (SSSR count). The Bertz CT molecular complexity index is 842. The Labute approximate surface area is 135 Å². The summed E-state index contributed by atoms with van der Waals surface area (Å²) in [6.07, 6.45) is 3.79. The van der Waals surface area contributed by atoms with Gasteiger partial charge in [-0.15, -0.1) is 0 Å². The number of hydrogen-bond donors (Lipinski definition) is 1. The minimum atomic E-state index is -0.363. The Morgan fingerprint density at radius 2 is 2.05 bits per heavy atom. The first kappa shape index (κ1) is 14.7. The van der Waals surface area contributed by atoms with E-state index < -0.39 is 0 Å². The van der Waals surface area contributed by atoms with Crippen molar-refractivity contribution in [1.82, 2.24) is 14.7 Å². The second kappa shape index (κ2) is 5.88. The molecule has 4 nitrogen and oxygen atoms in total. The fourth-order valence-corrected chi connectivity index (χ4v) is 2.80. The van der Waals surface area contributed by atoms with Crippen molar-refractivity contribution in [1.29, 1.82) is 0 Å². The van der Waals surface area contributed by atoms with Gasteiger partial charge < -0.3 is 9.72 Å². The van der Waals surface area contributed by atoms with Crippen LogP contribution in [0.5, 0.6) is 0 Å². The molecular weight excluding hydrogens is 349 g/mol. The van der Waals surface area contributed by atoms with Crippen molar-refractivity contribution in [2.24, 2.45) is 0 Å². The Balaban J connectivity index is 1.75. The van der Waals surface area contributed by atoms with Gasteiger partial charge in [0.1, 0.15) is 11.5 Å². The molecule has 0 saturated heterocycles. The summed E-state index contributed by atoms with van der Waals surface area (Å²) in [6, 6.07) is 7.43. The molecule has 0 atom stereocenters. The van der Waals surface area contributed by atoms with Gasteiger partial charge in [0, 0.05) is 22.4 Å². The molecular formula is C16H13BrFN3O. The predicted molar refractivity (Wildman–Crippen MR) is 85.2 cm³/mol. The summed E-state index contributed by atoms with van der Waals surface area (Å²) < 4.78 is 15.7. The van der Waals surface area contributed by atoms with Gasteiger partial charge in [-0.25, -0.2) is 9.37 Å². The summed E-state index contributed by atoms with van der Waals surface area (Å²) in [4.78, 5) is 16.5. The number of nitrogens with zero attached hydrogens (tertiary/aromatic N) is 2. The number of amides is 1. The van der Waals surface area contributed by atoms with Gasteiger partial charge in [-0.3, -0.25) is 4.79 Å². The van der Waals surface area contributed by atoms with Crippen LogP contribution in [0, 0.1) is 12.7 Å². The van der Waals surface area contributed by atoms with E-state index in [2.05, 4.69) is 26.2 Å². The third-order valence-electron chi connectivity index (χ3n) is 3.29. The number of carbonyl (C=O) groups is 1. The van der Waals surface area contributed by atoms with Crippen molar-refractivity contribution in [3.63, 3.8) is 0 Å². The van der Waals surface area contributed by atoms with E-state index in [9.17, 15) is 9.18 Å². The Kier molecular flexibility index (Phi) is 3.94. The summed E-state index contributed by atoms with van der Waals surface area (Å²) >= 11 is 3.44. The molecule has 2 heterocycles. The molecule has 6 heteroatoms. The standard InChI is InChI=1S/C16H13BrFN3O/c1-10-6-12(17)8-21-9-14(20-15(10)21)7-19-16(22)11-2-4-13(18)5-3-11/h2-6,8-9H,7H2,1H3,(H,19,22). The lowest BCUT2D eigenvalue weighted by Gasteiger charge is -2.02. The number of fused-ring (bicyclic) bond motifs is 1. The van der Waals surface area contributed by atoms with Gasteiger partial charge in [0.25, 0.3) is 5.91 Å². The van der Waals surface area contributed by atoms with Crippen LogP contribution in [0.3, 0.4) is 0 Å². The summed E-state index contributed by atoms with van der Waals surface area (Å²) in [7, 11) is 0. The quantitative estimate of drug-likeness (QED) is 0.776. The topological polar surface area (TPSA) is 46.4 Å². The molecule has 0 aliphatic rings. The molecule has 112 valence electrons. The molecule has 0 radical (unpaired) electrons. The van der Waals surface area contributed by atoms with E-state index in [4.69, 9.17) is 0 Å². The van der Waals surface area contributed by atoms with Gasteiger partial charge >= 0.3 is 0 Å². The van der Waals surface area contributed by atoms with E-state index in [0.29, 0.717) is 12.1 Å². The van der Waals surface area contributed by atoms with Crippen LogP contribution in [-0.4, -0.2) is 15.3 Å². The highest BCUT2D eigenvalue weighted by Gasteiger charge is 2.08. The zero-order valence-corrected chi connectivity index (χ0v) is 13.4. The summed E-state index contributed by atoms with van der Waals surface area (Å²) in [5.74, 6) is -0.618. The maximum atomic E-state index is 12.8. The van der Waals surface area contributed by atoms with Gasteiger partial charge in [0.05, 0.1) is 12.2 Å². The molecule has 1 aromatic carbocycles. The Morgan fingerprint density at radius 3 is 2.77 bits per heavy atom. The molecule has 1 N–H and O–H groups in total. The molecule has 0 spiro atoms. The zero-order chi connectivity index (χ0) is 15.7. The van der Waals surface area contributed by atoms with Crippen LogP contribution < -0.4 is 5.32 Å². The number of imidazole rings is 1. The fraction of sp³-hybridized carbons (Fsp3) is 0.125. The maximum Gasteiger partial charge on any atom is 0.251 e. The number of hydrogen-bond acceptors (Lipinski definition) is 2. The largest absolute Gasteiger partial charge is 0.346 e. The molecule has 2 aromatic heterocycles. The number of aryl methyl sites for hydroxylation is 1. The van der Waals surface area contributed by atoms with Crippen LogP contribution in [0.15, 0.2) is 47.2 Å². The van der Waals surface area contributed by atoms with E-state index >= 15 is 0 Å². The lowest BCUT2D eigenvalue weighted by molar-refractivity contribution is 0.0950. The lowest BCUT2D eigenvalue weighted by atomic mass is 10.2. The van der Waals surface area contributed by atoms with E-state index in [-0.39, 0.29) is 11.7 Å². The van der Waals surface area contributed by atoms with Crippen LogP contribution in [0.2, 0.25) is 0 Å². The van der Waals surface area contributed by atoms with Crippen molar-refractivity contribution >= 4 is 27.5 Å². The molecule has 0 aliphatic carbocycles. The van der Waals surface area contributed by atoms with Gasteiger partial charge in [0.2, 0.25) is 0 Å². The maximum absolute atomic E-state index is 12.8. The Morgan fingerprint density at radius 1 is 1.32 bits per heavy atom. The van der Waals surface area contributed by atoms with Gasteiger partial charge in [0.15, 0.2) is 0 Å². The minimum absolute atomic E-state index is 0.255. The van der Waals surface area contributed by atoms with E-state index in [1.165, 1.54) is 24.3 Å². The highest BCUT2D eigenvalue weighted by molar-refractivity contribution is 9.10. The number of nitrogens with one attached hydrogen (secondary N) is 1.